The number of rotatable bonds is 2. The lowest BCUT2D eigenvalue weighted by Gasteiger charge is -2.21. The van der Waals surface area contributed by atoms with E-state index in [1.165, 1.54) is 71.6 Å². The molecule has 0 spiro atoms. The Morgan fingerprint density at radius 1 is 0.474 bits per heavy atom. The van der Waals surface area contributed by atoms with E-state index in [9.17, 15) is 0 Å². The zero-order valence-corrected chi connectivity index (χ0v) is 21.6. The van der Waals surface area contributed by atoms with E-state index < -0.39 is 0 Å². The van der Waals surface area contributed by atoms with Crippen LogP contribution in [-0.2, 0) is 5.41 Å². The third-order valence-corrected chi connectivity index (χ3v) is 8.56. The molecule has 1 aliphatic rings. The lowest BCUT2D eigenvalue weighted by atomic mass is 9.82. The van der Waals surface area contributed by atoms with Crippen LogP contribution in [0.3, 0.4) is 0 Å². The Balaban J connectivity index is 1.38. The molecule has 180 valence electrons. The van der Waals surface area contributed by atoms with Gasteiger partial charge in [-0.05, 0) is 86.6 Å². The summed E-state index contributed by atoms with van der Waals surface area (Å²) in [6, 6.07) is 46.9. The minimum absolute atomic E-state index is 0.00354. The van der Waals surface area contributed by atoms with Gasteiger partial charge in [0.25, 0.3) is 0 Å². The molecule has 0 N–H and O–H groups in total. The summed E-state index contributed by atoms with van der Waals surface area (Å²) in [5, 5.41) is 5.18. The Kier molecular flexibility index (Phi) is 4.35. The Morgan fingerprint density at radius 2 is 1.16 bits per heavy atom. The molecular formula is C37H27N. The van der Waals surface area contributed by atoms with Crippen LogP contribution in [0.5, 0.6) is 0 Å². The van der Waals surface area contributed by atoms with Crippen molar-refractivity contribution >= 4 is 32.6 Å². The van der Waals surface area contributed by atoms with Gasteiger partial charge in [-0.2, -0.15) is 0 Å². The van der Waals surface area contributed by atoms with Crippen molar-refractivity contribution in [3.05, 3.63) is 139 Å². The maximum Gasteiger partial charge on any atom is 0.0547 e. The summed E-state index contributed by atoms with van der Waals surface area (Å²) in [6.45, 7) is 4.71. The van der Waals surface area contributed by atoms with Gasteiger partial charge in [-0.15, -0.1) is 0 Å². The van der Waals surface area contributed by atoms with E-state index in [1.807, 2.05) is 0 Å². The largest absolute Gasteiger partial charge is 0.309 e. The summed E-state index contributed by atoms with van der Waals surface area (Å²) < 4.78 is 2.42. The van der Waals surface area contributed by atoms with Crippen molar-refractivity contribution in [2.24, 2.45) is 0 Å². The van der Waals surface area contributed by atoms with Gasteiger partial charge in [0, 0.05) is 21.9 Å². The molecule has 0 bridgehead atoms. The predicted molar refractivity (Wildman–Crippen MR) is 161 cm³/mol. The van der Waals surface area contributed by atoms with Crippen LogP contribution in [-0.4, -0.2) is 4.57 Å². The predicted octanol–water partition coefficient (Wildman–Crippen LogP) is 9.91. The van der Waals surface area contributed by atoms with Crippen LogP contribution in [0.1, 0.15) is 25.0 Å². The van der Waals surface area contributed by atoms with Gasteiger partial charge in [0.15, 0.2) is 0 Å². The Morgan fingerprint density at radius 3 is 2.00 bits per heavy atom. The molecule has 0 fully saturated rings. The molecule has 1 aromatic heterocycles. The molecule has 0 atom stereocenters. The van der Waals surface area contributed by atoms with Crippen LogP contribution in [0.15, 0.2) is 127 Å². The lowest BCUT2D eigenvalue weighted by molar-refractivity contribution is 0.661. The van der Waals surface area contributed by atoms with Crippen molar-refractivity contribution in [1.82, 2.24) is 4.57 Å². The zero-order valence-electron chi connectivity index (χ0n) is 21.6. The third kappa shape index (κ3) is 2.93. The maximum atomic E-state index is 2.44. The summed E-state index contributed by atoms with van der Waals surface area (Å²) in [5.41, 5.74) is 11.7. The van der Waals surface area contributed by atoms with Gasteiger partial charge in [0.2, 0.25) is 0 Å². The minimum atomic E-state index is 0.00354. The van der Waals surface area contributed by atoms with Gasteiger partial charge in [-0.1, -0.05) is 98.8 Å². The van der Waals surface area contributed by atoms with E-state index in [0.717, 1.165) is 0 Å². The first kappa shape index (κ1) is 21.5. The molecular weight excluding hydrogens is 458 g/mol. The van der Waals surface area contributed by atoms with Crippen molar-refractivity contribution in [2.45, 2.75) is 19.3 Å². The molecule has 0 saturated heterocycles. The molecule has 6 aromatic carbocycles. The summed E-state index contributed by atoms with van der Waals surface area (Å²) >= 11 is 0. The number of nitrogens with zero attached hydrogens (tertiary/aromatic N) is 1. The molecule has 0 radical (unpaired) electrons. The smallest absolute Gasteiger partial charge is 0.0547 e. The summed E-state index contributed by atoms with van der Waals surface area (Å²) in [4.78, 5) is 0. The fraction of sp³-hybridized carbons (Fsp3) is 0.0811. The molecule has 1 nitrogen and oxygen atoms in total. The van der Waals surface area contributed by atoms with Gasteiger partial charge in [-0.3, -0.25) is 0 Å². The van der Waals surface area contributed by atoms with Gasteiger partial charge < -0.3 is 4.57 Å². The van der Waals surface area contributed by atoms with Crippen molar-refractivity contribution in [1.29, 1.82) is 0 Å². The number of benzene rings is 6. The highest BCUT2D eigenvalue weighted by Gasteiger charge is 2.35. The van der Waals surface area contributed by atoms with Gasteiger partial charge in [-0.25, -0.2) is 0 Å². The second-order valence-corrected chi connectivity index (χ2v) is 11.1. The van der Waals surface area contributed by atoms with E-state index in [1.54, 1.807) is 0 Å². The van der Waals surface area contributed by atoms with E-state index in [-0.39, 0.29) is 5.41 Å². The molecule has 0 amide bonds. The van der Waals surface area contributed by atoms with Crippen molar-refractivity contribution in [2.75, 3.05) is 0 Å². The van der Waals surface area contributed by atoms with Crippen LogP contribution in [0, 0.1) is 0 Å². The fourth-order valence-electron chi connectivity index (χ4n) is 6.62. The molecule has 0 unspecified atom stereocenters. The highest BCUT2D eigenvalue weighted by molar-refractivity contribution is 6.14. The maximum absolute atomic E-state index is 2.44. The Bertz CT molecular complexity index is 2020. The van der Waals surface area contributed by atoms with Crippen LogP contribution >= 0.6 is 0 Å². The van der Waals surface area contributed by atoms with Gasteiger partial charge in [0.05, 0.1) is 11.0 Å². The second kappa shape index (κ2) is 7.69. The molecule has 0 aliphatic heterocycles. The first-order valence-electron chi connectivity index (χ1n) is 13.4. The Hall–Kier alpha value is -4.62. The summed E-state index contributed by atoms with van der Waals surface area (Å²) in [7, 11) is 0. The average molecular weight is 486 g/mol. The highest BCUT2D eigenvalue weighted by Crippen LogP contribution is 2.50. The van der Waals surface area contributed by atoms with Gasteiger partial charge >= 0.3 is 0 Å². The molecule has 1 heteroatoms. The van der Waals surface area contributed by atoms with Crippen LogP contribution in [0.4, 0.5) is 0 Å². The standard InChI is InChI=1S/C37H27N/c1-37(2)33-14-8-6-12-29(33)31-20-27-23-36-32(21-26(27)22-34(31)37)30-13-7-9-15-35(30)38(36)28-18-16-25(17-19-28)24-10-4-3-5-11-24/h3-23H,1-2H3. The molecule has 1 aliphatic carbocycles. The van der Waals surface area contributed by atoms with E-state index in [2.05, 4.69) is 146 Å². The summed E-state index contributed by atoms with van der Waals surface area (Å²) in [6.07, 6.45) is 0. The van der Waals surface area contributed by atoms with E-state index in [0.29, 0.717) is 0 Å². The monoisotopic (exact) mass is 485 g/mol. The Labute approximate surface area is 222 Å². The molecule has 1 heterocycles. The molecule has 8 rings (SSSR count). The number of hydrogen-bond acceptors (Lipinski definition) is 0. The molecule has 38 heavy (non-hydrogen) atoms. The third-order valence-electron chi connectivity index (χ3n) is 8.56. The minimum Gasteiger partial charge on any atom is -0.309 e. The number of para-hydroxylation sites is 1. The first-order valence-corrected chi connectivity index (χ1v) is 13.4. The van der Waals surface area contributed by atoms with Crippen LogP contribution in [0.2, 0.25) is 0 Å². The zero-order chi connectivity index (χ0) is 25.4. The molecule has 0 saturated carbocycles. The first-order chi connectivity index (χ1) is 18.6. The van der Waals surface area contributed by atoms with Crippen LogP contribution in [0.25, 0.3) is 60.5 Å². The van der Waals surface area contributed by atoms with E-state index in [4.69, 9.17) is 0 Å². The highest BCUT2D eigenvalue weighted by atomic mass is 15.0. The molecule has 7 aromatic rings. The van der Waals surface area contributed by atoms with Crippen molar-refractivity contribution < 1.29 is 0 Å². The number of hydrogen-bond donors (Lipinski definition) is 0. The normalized spacial score (nSPS) is 13.7. The lowest BCUT2D eigenvalue weighted by Crippen LogP contribution is -2.14. The SMILES string of the molecule is CC1(C)c2ccccc2-c2cc3cc4c(cc3cc21)c1ccccc1n4-c1ccc(-c2ccccc2)cc1. The average Bonchev–Trinajstić information content (AvgIpc) is 3.40. The van der Waals surface area contributed by atoms with Crippen molar-refractivity contribution in [3.8, 4) is 27.9 Å². The number of aromatic nitrogens is 1. The van der Waals surface area contributed by atoms with Gasteiger partial charge in [0.1, 0.15) is 0 Å². The number of fused-ring (bicyclic) bond motifs is 7. The second-order valence-electron chi connectivity index (χ2n) is 11.1. The van der Waals surface area contributed by atoms with Crippen molar-refractivity contribution in [3.63, 3.8) is 0 Å². The quantitative estimate of drug-likeness (QED) is 0.230. The topological polar surface area (TPSA) is 4.93 Å². The van der Waals surface area contributed by atoms with Crippen LogP contribution < -0.4 is 0 Å². The summed E-state index contributed by atoms with van der Waals surface area (Å²) in [5.74, 6) is 0. The van der Waals surface area contributed by atoms with E-state index >= 15 is 0 Å². The fourth-order valence-corrected chi connectivity index (χ4v) is 6.62.